The number of amides is 1. The van der Waals surface area contributed by atoms with Crippen LogP contribution < -0.4 is 9.62 Å². The molecule has 0 bridgehead atoms. The minimum atomic E-state index is -3.38. The Hall–Kier alpha value is -1.56. The number of benzene rings is 1. The first kappa shape index (κ1) is 18.8. The van der Waals surface area contributed by atoms with E-state index in [-0.39, 0.29) is 5.91 Å². The van der Waals surface area contributed by atoms with Crippen LogP contribution in [0.15, 0.2) is 18.2 Å². The molecule has 24 heavy (non-hydrogen) atoms. The van der Waals surface area contributed by atoms with Crippen molar-refractivity contribution in [3.63, 3.8) is 0 Å². The van der Waals surface area contributed by atoms with E-state index in [9.17, 15) is 13.2 Å². The quantitative estimate of drug-likeness (QED) is 0.820. The molecule has 0 spiro atoms. The van der Waals surface area contributed by atoms with E-state index in [1.807, 2.05) is 32.0 Å². The summed E-state index contributed by atoms with van der Waals surface area (Å²) >= 11 is 0. The van der Waals surface area contributed by atoms with Crippen LogP contribution in [0, 0.1) is 13.8 Å². The van der Waals surface area contributed by atoms with Crippen LogP contribution in [0.2, 0.25) is 0 Å². The monoisotopic (exact) mass is 352 g/mol. The van der Waals surface area contributed by atoms with Crippen LogP contribution in [0.25, 0.3) is 0 Å². The summed E-state index contributed by atoms with van der Waals surface area (Å²) in [4.78, 5) is 12.0. The van der Waals surface area contributed by atoms with Gasteiger partial charge in [0.25, 0.3) is 0 Å². The summed E-state index contributed by atoms with van der Waals surface area (Å²) in [7, 11) is -3.38. The maximum Gasteiger partial charge on any atom is 0.232 e. The predicted octanol–water partition coefficient (Wildman–Crippen LogP) is 2.91. The van der Waals surface area contributed by atoms with Gasteiger partial charge in [-0.1, -0.05) is 25.0 Å². The van der Waals surface area contributed by atoms with E-state index in [4.69, 9.17) is 0 Å². The molecule has 2 rings (SSSR count). The molecular weight excluding hydrogens is 324 g/mol. The lowest BCUT2D eigenvalue weighted by atomic mass is 10.1. The smallest absolute Gasteiger partial charge is 0.232 e. The minimum Gasteiger partial charge on any atom is -0.353 e. The molecular formula is C18H28N2O3S. The van der Waals surface area contributed by atoms with Crippen LogP contribution >= 0.6 is 0 Å². The number of nitrogens with one attached hydrogen (secondary N) is 1. The summed E-state index contributed by atoms with van der Waals surface area (Å²) in [5.41, 5.74) is 2.64. The Balaban J connectivity index is 1.97. The number of hydrogen-bond acceptors (Lipinski definition) is 3. The van der Waals surface area contributed by atoms with E-state index in [0.717, 1.165) is 24.0 Å². The third-order valence-electron chi connectivity index (χ3n) is 4.52. The van der Waals surface area contributed by atoms with Crippen molar-refractivity contribution >= 4 is 21.6 Å². The van der Waals surface area contributed by atoms with Crippen molar-refractivity contribution in [3.05, 3.63) is 29.3 Å². The number of carbonyl (C=O) groups is 1. The normalized spacial score (nSPS) is 15.5. The van der Waals surface area contributed by atoms with E-state index >= 15 is 0 Å². The SMILES string of the molecule is Cc1ccc(C)c(N(CCCC(=O)NC2CCCC2)S(C)(=O)=O)c1. The second-order valence-electron chi connectivity index (χ2n) is 6.78. The number of anilines is 1. The Bertz CT molecular complexity index is 680. The highest BCUT2D eigenvalue weighted by Gasteiger charge is 2.20. The standard InChI is InChI=1S/C18H28N2O3S/c1-14-10-11-15(2)17(13-14)20(24(3,22)23)12-6-9-18(21)19-16-7-4-5-8-16/h10-11,13,16H,4-9,12H2,1-3H3,(H,19,21). The fourth-order valence-electron chi connectivity index (χ4n) is 3.21. The topological polar surface area (TPSA) is 66.5 Å². The lowest BCUT2D eigenvalue weighted by Gasteiger charge is -2.24. The number of hydrogen-bond donors (Lipinski definition) is 1. The largest absolute Gasteiger partial charge is 0.353 e. The molecule has 0 radical (unpaired) electrons. The van der Waals surface area contributed by atoms with Crippen molar-refractivity contribution in [2.24, 2.45) is 0 Å². The van der Waals surface area contributed by atoms with Gasteiger partial charge in [0.2, 0.25) is 15.9 Å². The van der Waals surface area contributed by atoms with E-state index in [1.165, 1.54) is 23.4 Å². The highest BCUT2D eigenvalue weighted by atomic mass is 32.2. The van der Waals surface area contributed by atoms with E-state index < -0.39 is 10.0 Å². The van der Waals surface area contributed by atoms with Crippen molar-refractivity contribution in [1.29, 1.82) is 0 Å². The van der Waals surface area contributed by atoms with Crippen molar-refractivity contribution in [3.8, 4) is 0 Å². The molecule has 6 heteroatoms. The van der Waals surface area contributed by atoms with Gasteiger partial charge in [-0.05, 0) is 50.3 Å². The highest BCUT2D eigenvalue weighted by Crippen LogP contribution is 2.24. The molecule has 0 atom stereocenters. The summed E-state index contributed by atoms with van der Waals surface area (Å²) in [6.45, 7) is 4.17. The average Bonchev–Trinajstić information content (AvgIpc) is 2.98. The molecule has 0 aliphatic heterocycles. The highest BCUT2D eigenvalue weighted by molar-refractivity contribution is 7.92. The molecule has 0 unspecified atom stereocenters. The molecule has 0 saturated heterocycles. The molecule has 1 amide bonds. The van der Waals surface area contributed by atoms with Crippen molar-refractivity contribution in [2.45, 2.75) is 58.4 Å². The number of rotatable bonds is 7. The minimum absolute atomic E-state index is 0.0244. The lowest BCUT2D eigenvalue weighted by Crippen LogP contribution is -2.35. The van der Waals surface area contributed by atoms with Crippen LogP contribution in [0.5, 0.6) is 0 Å². The van der Waals surface area contributed by atoms with Gasteiger partial charge in [-0.25, -0.2) is 8.42 Å². The van der Waals surface area contributed by atoms with Gasteiger partial charge < -0.3 is 5.32 Å². The number of carbonyl (C=O) groups excluding carboxylic acids is 1. The Morgan fingerprint density at radius 3 is 2.54 bits per heavy atom. The van der Waals surface area contributed by atoms with E-state index in [0.29, 0.717) is 31.1 Å². The summed E-state index contributed by atoms with van der Waals surface area (Å²) in [5.74, 6) is 0.0244. The van der Waals surface area contributed by atoms with Crippen LogP contribution in [-0.4, -0.2) is 33.2 Å². The summed E-state index contributed by atoms with van der Waals surface area (Å²) in [6.07, 6.45) is 6.56. The van der Waals surface area contributed by atoms with Gasteiger partial charge in [-0.2, -0.15) is 0 Å². The molecule has 134 valence electrons. The van der Waals surface area contributed by atoms with Crippen LogP contribution in [0.4, 0.5) is 5.69 Å². The summed E-state index contributed by atoms with van der Waals surface area (Å²) in [6, 6.07) is 6.08. The second kappa shape index (κ2) is 8.01. The van der Waals surface area contributed by atoms with Crippen molar-refractivity contribution in [1.82, 2.24) is 5.32 Å². The Labute approximate surface area is 145 Å². The molecule has 0 aromatic heterocycles. The van der Waals surface area contributed by atoms with Crippen molar-refractivity contribution < 1.29 is 13.2 Å². The van der Waals surface area contributed by atoms with Gasteiger partial charge in [0, 0.05) is 19.0 Å². The number of nitrogens with zero attached hydrogens (tertiary/aromatic N) is 1. The Morgan fingerprint density at radius 1 is 1.25 bits per heavy atom. The molecule has 5 nitrogen and oxygen atoms in total. The third-order valence-corrected chi connectivity index (χ3v) is 5.70. The molecule has 1 N–H and O–H groups in total. The summed E-state index contributed by atoms with van der Waals surface area (Å²) in [5, 5.41) is 3.04. The fraction of sp³-hybridized carbons (Fsp3) is 0.611. The first-order chi connectivity index (χ1) is 11.3. The molecule has 0 heterocycles. The first-order valence-corrected chi connectivity index (χ1v) is 10.5. The molecule has 1 aromatic carbocycles. The Kier molecular flexibility index (Phi) is 6.27. The summed E-state index contributed by atoms with van der Waals surface area (Å²) < 4.78 is 25.8. The van der Waals surface area contributed by atoms with Gasteiger partial charge in [0.15, 0.2) is 0 Å². The molecule has 1 aliphatic rings. The third kappa shape index (κ3) is 5.23. The van der Waals surface area contributed by atoms with Gasteiger partial charge in [-0.3, -0.25) is 9.10 Å². The maximum absolute atomic E-state index is 12.2. The zero-order valence-electron chi connectivity index (χ0n) is 14.8. The lowest BCUT2D eigenvalue weighted by molar-refractivity contribution is -0.121. The predicted molar refractivity (Wildman–Crippen MR) is 97.7 cm³/mol. The second-order valence-corrected chi connectivity index (χ2v) is 8.68. The van der Waals surface area contributed by atoms with E-state index in [1.54, 1.807) is 0 Å². The number of sulfonamides is 1. The van der Waals surface area contributed by atoms with Crippen LogP contribution in [0.3, 0.4) is 0 Å². The zero-order valence-corrected chi connectivity index (χ0v) is 15.7. The van der Waals surface area contributed by atoms with Gasteiger partial charge in [0.05, 0.1) is 11.9 Å². The van der Waals surface area contributed by atoms with Crippen LogP contribution in [0.1, 0.15) is 49.7 Å². The van der Waals surface area contributed by atoms with E-state index in [2.05, 4.69) is 5.32 Å². The van der Waals surface area contributed by atoms with Crippen molar-refractivity contribution in [2.75, 3.05) is 17.1 Å². The van der Waals surface area contributed by atoms with Crippen LogP contribution in [-0.2, 0) is 14.8 Å². The molecule has 1 aromatic rings. The average molecular weight is 353 g/mol. The Morgan fingerprint density at radius 2 is 1.92 bits per heavy atom. The molecule has 1 saturated carbocycles. The molecule has 1 aliphatic carbocycles. The zero-order chi connectivity index (χ0) is 17.7. The van der Waals surface area contributed by atoms with Gasteiger partial charge in [-0.15, -0.1) is 0 Å². The maximum atomic E-state index is 12.2. The van der Waals surface area contributed by atoms with Gasteiger partial charge in [0.1, 0.15) is 0 Å². The molecule has 1 fully saturated rings. The first-order valence-electron chi connectivity index (χ1n) is 8.61. The van der Waals surface area contributed by atoms with Gasteiger partial charge >= 0.3 is 0 Å². The number of aryl methyl sites for hydroxylation is 2. The fourth-order valence-corrected chi connectivity index (χ4v) is 4.22.